The molecule has 2 aromatic rings. The molecule has 0 aromatic carbocycles. The SMILES string of the molecule is Cc1nc(CNCc2ccc(Br)cn2)oc1C. The fourth-order valence-corrected chi connectivity index (χ4v) is 1.66. The van der Waals surface area contributed by atoms with E-state index in [4.69, 9.17) is 4.42 Å². The molecule has 0 spiro atoms. The van der Waals surface area contributed by atoms with Crippen molar-refractivity contribution in [3.05, 3.63) is 45.8 Å². The number of aryl methyl sites for hydroxylation is 2. The highest BCUT2D eigenvalue weighted by Crippen LogP contribution is 2.09. The summed E-state index contributed by atoms with van der Waals surface area (Å²) in [6, 6.07) is 3.95. The second-order valence-corrected chi connectivity index (χ2v) is 4.74. The number of nitrogens with one attached hydrogen (secondary N) is 1. The van der Waals surface area contributed by atoms with Crippen LogP contribution in [0.4, 0.5) is 0 Å². The number of hydrogen-bond acceptors (Lipinski definition) is 4. The molecule has 17 heavy (non-hydrogen) atoms. The van der Waals surface area contributed by atoms with Gasteiger partial charge in [0, 0.05) is 17.2 Å². The highest BCUT2D eigenvalue weighted by Gasteiger charge is 2.04. The molecule has 2 aromatic heterocycles. The van der Waals surface area contributed by atoms with E-state index in [9.17, 15) is 0 Å². The normalized spacial score (nSPS) is 10.8. The van der Waals surface area contributed by atoms with Gasteiger partial charge in [0.1, 0.15) is 5.76 Å². The van der Waals surface area contributed by atoms with Crippen molar-refractivity contribution in [1.29, 1.82) is 0 Å². The highest BCUT2D eigenvalue weighted by atomic mass is 79.9. The molecule has 0 aliphatic heterocycles. The van der Waals surface area contributed by atoms with Crippen LogP contribution in [0.5, 0.6) is 0 Å². The zero-order chi connectivity index (χ0) is 12.3. The van der Waals surface area contributed by atoms with Gasteiger partial charge < -0.3 is 9.73 Å². The predicted molar refractivity (Wildman–Crippen MR) is 68.5 cm³/mol. The number of aromatic nitrogens is 2. The first-order valence-electron chi connectivity index (χ1n) is 5.39. The smallest absolute Gasteiger partial charge is 0.208 e. The van der Waals surface area contributed by atoms with E-state index in [2.05, 4.69) is 31.2 Å². The summed E-state index contributed by atoms with van der Waals surface area (Å²) in [5, 5.41) is 3.24. The van der Waals surface area contributed by atoms with E-state index in [1.54, 1.807) is 6.20 Å². The molecule has 0 atom stereocenters. The minimum Gasteiger partial charge on any atom is -0.444 e. The first-order chi connectivity index (χ1) is 8.15. The summed E-state index contributed by atoms with van der Waals surface area (Å²) < 4.78 is 6.46. The topological polar surface area (TPSA) is 51.0 Å². The largest absolute Gasteiger partial charge is 0.444 e. The maximum absolute atomic E-state index is 5.47. The van der Waals surface area contributed by atoms with Crippen molar-refractivity contribution in [3.8, 4) is 0 Å². The Morgan fingerprint density at radius 3 is 2.71 bits per heavy atom. The molecule has 2 heterocycles. The van der Waals surface area contributed by atoms with Gasteiger partial charge in [0.2, 0.25) is 5.89 Å². The van der Waals surface area contributed by atoms with Gasteiger partial charge in [-0.3, -0.25) is 4.98 Å². The molecule has 0 saturated heterocycles. The average Bonchev–Trinajstić information content (AvgIpc) is 2.61. The molecular weight excluding hydrogens is 282 g/mol. The summed E-state index contributed by atoms with van der Waals surface area (Å²) >= 11 is 3.35. The predicted octanol–water partition coefficient (Wildman–Crippen LogP) is 2.74. The third-order valence-electron chi connectivity index (χ3n) is 2.44. The van der Waals surface area contributed by atoms with Crippen LogP contribution in [0.15, 0.2) is 27.2 Å². The van der Waals surface area contributed by atoms with E-state index in [0.29, 0.717) is 13.1 Å². The zero-order valence-corrected chi connectivity index (χ0v) is 11.4. The molecule has 0 fully saturated rings. The quantitative estimate of drug-likeness (QED) is 0.942. The van der Waals surface area contributed by atoms with Crippen molar-refractivity contribution < 1.29 is 4.42 Å². The molecule has 0 bridgehead atoms. The van der Waals surface area contributed by atoms with Gasteiger partial charge in [-0.15, -0.1) is 0 Å². The Kier molecular flexibility index (Phi) is 3.91. The lowest BCUT2D eigenvalue weighted by molar-refractivity contribution is 0.448. The Balaban J connectivity index is 1.85. The first-order valence-corrected chi connectivity index (χ1v) is 6.18. The van der Waals surface area contributed by atoms with Crippen molar-refractivity contribution in [3.63, 3.8) is 0 Å². The van der Waals surface area contributed by atoms with Gasteiger partial charge in [-0.2, -0.15) is 0 Å². The lowest BCUT2D eigenvalue weighted by Gasteiger charge is -2.01. The molecule has 0 radical (unpaired) electrons. The molecule has 90 valence electrons. The Hall–Kier alpha value is -1.20. The lowest BCUT2D eigenvalue weighted by atomic mass is 10.3. The molecule has 1 N–H and O–H groups in total. The van der Waals surface area contributed by atoms with Crippen LogP contribution in [0.3, 0.4) is 0 Å². The van der Waals surface area contributed by atoms with Gasteiger partial charge in [-0.25, -0.2) is 4.98 Å². The zero-order valence-electron chi connectivity index (χ0n) is 9.83. The monoisotopic (exact) mass is 295 g/mol. The van der Waals surface area contributed by atoms with Crippen molar-refractivity contribution in [2.45, 2.75) is 26.9 Å². The third-order valence-corrected chi connectivity index (χ3v) is 2.91. The maximum Gasteiger partial charge on any atom is 0.208 e. The molecule has 0 saturated carbocycles. The van der Waals surface area contributed by atoms with Gasteiger partial charge in [-0.05, 0) is 41.9 Å². The Morgan fingerprint density at radius 2 is 2.12 bits per heavy atom. The van der Waals surface area contributed by atoms with E-state index in [0.717, 1.165) is 27.5 Å². The molecular formula is C12H14BrN3O. The molecule has 5 heteroatoms. The standard InChI is InChI=1S/C12H14BrN3O/c1-8-9(2)17-12(16-8)7-14-6-11-4-3-10(13)5-15-11/h3-5,14H,6-7H2,1-2H3. The lowest BCUT2D eigenvalue weighted by Crippen LogP contribution is -2.13. The summed E-state index contributed by atoms with van der Waals surface area (Å²) in [5.74, 6) is 1.60. The van der Waals surface area contributed by atoms with Crippen LogP contribution in [0, 0.1) is 13.8 Å². The van der Waals surface area contributed by atoms with Crippen LogP contribution >= 0.6 is 15.9 Å². The summed E-state index contributed by atoms with van der Waals surface area (Å²) in [6.07, 6.45) is 1.79. The van der Waals surface area contributed by atoms with Gasteiger partial charge in [-0.1, -0.05) is 0 Å². The van der Waals surface area contributed by atoms with E-state index in [1.807, 2.05) is 26.0 Å². The fourth-order valence-electron chi connectivity index (χ4n) is 1.42. The number of oxazole rings is 1. The van der Waals surface area contributed by atoms with Crippen LogP contribution in [0.1, 0.15) is 23.0 Å². The molecule has 2 rings (SSSR count). The second-order valence-electron chi connectivity index (χ2n) is 3.82. The Morgan fingerprint density at radius 1 is 1.29 bits per heavy atom. The van der Waals surface area contributed by atoms with E-state index in [-0.39, 0.29) is 0 Å². The summed E-state index contributed by atoms with van der Waals surface area (Å²) in [5.41, 5.74) is 1.94. The van der Waals surface area contributed by atoms with Crippen molar-refractivity contribution in [2.24, 2.45) is 0 Å². The molecule has 4 nitrogen and oxygen atoms in total. The third kappa shape index (κ3) is 3.38. The average molecular weight is 296 g/mol. The summed E-state index contributed by atoms with van der Waals surface area (Å²) in [7, 11) is 0. The molecule has 0 amide bonds. The van der Waals surface area contributed by atoms with Gasteiger partial charge >= 0.3 is 0 Å². The molecule has 0 aliphatic carbocycles. The van der Waals surface area contributed by atoms with Crippen LogP contribution in [0.25, 0.3) is 0 Å². The van der Waals surface area contributed by atoms with Gasteiger partial charge in [0.25, 0.3) is 0 Å². The van der Waals surface area contributed by atoms with E-state index >= 15 is 0 Å². The van der Waals surface area contributed by atoms with Crippen molar-refractivity contribution in [1.82, 2.24) is 15.3 Å². The molecule has 0 unspecified atom stereocenters. The molecule has 0 aliphatic rings. The Bertz CT molecular complexity index is 473. The number of hydrogen-bond donors (Lipinski definition) is 1. The van der Waals surface area contributed by atoms with Gasteiger partial charge in [0.05, 0.1) is 17.9 Å². The number of nitrogens with zero attached hydrogens (tertiary/aromatic N) is 2. The highest BCUT2D eigenvalue weighted by molar-refractivity contribution is 9.10. The van der Waals surface area contributed by atoms with E-state index < -0.39 is 0 Å². The fraction of sp³-hybridized carbons (Fsp3) is 0.333. The first kappa shape index (κ1) is 12.3. The maximum atomic E-state index is 5.47. The van der Waals surface area contributed by atoms with Crippen LogP contribution < -0.4 is 5.32 Å². The van der Waals surface area contributed by atoms with Crippen LogP contribution in [0.2, 0.25) is 0 Å². The van der Waals surface area contributed by atoms with Crippen molar-refractivity contribution >= 4 is 15.9 Å². The van der Waals surface area contributed by atoms with Crippen molar-refractivity contribution in [2.75, 3.05) is 0 Å². The van der Waals surface area contributed by atoms with E-state index in [1.165, 1.54) is 0 Å². The minimum absolute atomic E-state index is 0.617. The van der Waals surface area contributed by atoms with Gasteiger partial charge in [0.15, 0.2) is 0 Å². The number of rotatable bonds is 4. The minimum atomic E-state index is 0.617. The number of halogens is 1. The Labute approximate surface area is 109 Å². The second kappa shape index (κ2) is 5.42. The number of pyridine rings is 1. The summed E-state index contributed by atoms with van der Waals surface area (Å²) in [6.45, 7) is 5.18. The van der Waals surface area contributed by atoms with Crippen LogP contribution in [-0.2, 0) is 13.1 Å². The summed E-state index contributed by atoms with van der Waals surface area (Å²) in [4.78, 5) is 8.57. The van der Waals surface area contributed by atoms with Crippen LogP contribution in [-0.4, -0.2) is 9.97 Å².